The van der Waals surface area contributed by atoms with Crippen molar-refractivity contribution in [2.45, 2.75) is 38.5 Å². The average molecular weight is 288 g/mol. The molecular weight excluding hydrogens is 268 g/mol. The first-order valence-electron chi connectivity index (χ1n) is 7.09. The number of nitrogens with zero attached hydrogens (tertiary/aromatic N) is 2. The van der Waals surface area contributed by atoms with Crippen molar-refractivity contribution in [1.29, 1.82) is 0 Å². The lowest BCUT2D eigenvalue weighted by atomic mass is 10.0. The summed E-state index contributed by atoms with van der Waals surface area (Å²) in [7, 11) is 0. The molecule has 0 aromatic carbocycles. The molecule has 3 rings (SSSR count). The second kappa shape index (κ2) is 6.04. The first kappa shape index (κ1) is 13.7. The van der Waals surface area contributed by atoms with Crippen LogP contribution >= 0.6 is 11.3 Å². The number of rotatable bonds is 4. The zero-order valence-electron chi connectivity index (χ0n) is 11.7. The van der Waals surface area contributed by atoms with E-state index in [0.29, 0.717) is 0 Å². The van der Waals surface area contributed by atoms with E-state index in [1.54, 1.807) is 0 Å². The number of hydrogen-bond acceptors (Lipinski definition) is 4. The van der Waals surface area contributed by atoms with Crippen molar-refractivity contribution in [3.63, 3.8) is 0 Å². The highest BCUT2D eigenvalue weighted by Gasteiger charge is 2.32. The monoisotopic (exact) mass is 288 g/mol. The molecule has 0 spiro atoms. The molecule has 4 heteroatoms. The Morgan fingerprint density at radius 3 is 2.80 bits per heavy atom. The first-order valence-corrected chi connectivity index (χ1v) is 7.90. The van der Waals surface area contributed by atoms with E-state index in [1.807, 2.05) is 35.9 Å². The predicted octanol–water partition coefficient (Wildman–Crippen LogP) is 2.63. The normalized spacial score (nSPS) is 23.3. The Kier molecular flexibility index (Phi) is 4.15. The largest absolute Gasteiger partial charge is 0.391 e. The summed E-state index contributed by atoms with van der Waals surface area (Å²) in [5.41, 5.74) is 1.25. The molecule has 3 nitrogen and oxygen atoms in total. The van der Waals surface area contributed by atoms with E-state index in [1.165, 1.54) is 15.3 Å². The third-order valence-electron chi connectivity index (χ3n) is 3.97. The Bertz CT molecular complexity index is 555. The van der Waals surface area contributed by atoms with Crippen LogP contribution in [0.1, 0.15) is 21.7 Å². The van der Waals surface area contributed by atoms with E-state index in [9.17, 15) is 5.11 Å². The molecule has 1 saturated heterocycles. The van der Waals surface area contributed by atoms with Crippen LogP contribution in [-0.2, 0) is 13.0 Å². The standard InChI is InChI=1S/C16H20N2OS/c1-12-2-3-14(20-12)11-18-9-6-16(19)15(18)10-13-4-7-17-8-5-13/h2-5,7-8,15-16,19H,6,9-11H2,1H3/t15-,16-/m0/s1. The van der Waals surface area contributed by atoms with Gasteiger partial charge in [0, 0.05) is 41.3 Å². The van der Waals surface area contributed by atoms with Crippen molar-refractivity contribution in [2.24, 2.45) is 0 Å². The van der Waals surface area contributed by atoms with Gasteiger partial charge < -0.3 is 5.11 Å². The molecule has 2 aromatic heterocycles. The maximum absolute atomic E-state index is 10.3. The van der Waals surface area contributed by atoms with Crippen LogP contribution in [-0.4, -0.2) is 33.7 Å². The highest BCUT2D eigenvalue weighted by atomic mass is 32.1. The van der Waals surface area contributed by atoms with Gasteiger partial charge in [-0.05, 0) is 49.6 Å². The van der Waals surface area contributed by atoms with E-state index < -0.39 is 0 Å². The van der Waals surface area contributed by atoms with Crippen LogP contribution in [0.5, 0.6) is 0 Å². The number of aliphatic hydroxyl groups excluding tert-OH is 1. The molecule has 0 unspecified atom stereocenters. The third-order valence-corrected chi connectivity index (χ3v) is 4.96. The van der Waals surface area contributed by atoms with E-state index in [2.05, 4.69) is 28.9 Å². The van der Waals surface area contributed by atoms with Crippen molar-refractivity contribution >= 4 is 11.3 Å². The summed E-state index contributed by atoms with van der Waals surface area (Å²) in [6, 6.07) is 8.68. The quantitative estimate of drug-likeness (QED) is 0.939. The Morgan fingerprint density at radius 2 is 2.10 bits per heavy atom. The van der Waals surface area contributed by atoms with E-state index >= 15 is 0 Å². The minimum Gasteiger partial charge on any atom is -0.391 e. The van der Waals surface area contributed by atoms with Gasteiger partial charge in [0.05, 0.1) is 6.10 Å². The number of likely N-dealkylation sites (tertiary alicyclic amines) is 1. The molecule has 3 heterocycles. The number of aryl methyl sites for hydroxylation is 1. The van der Waals surface area contributed by atoms with Crippen molar-refractivity contribution in [2.75, 3.05) is 6.54 Å². The molecule has 0 amide bonds. The lowest BCUT2D eigenvalue weighted by Crippen LogP contribution is -2.36. The number of pyridine rings is 1. The zero-order valence-corrected chi connectivity index (χ0v) is 12.5. The van der Waals surface area contributed by atoms with Gasteiger partial charge in [0.1, 0.15) is 0 Å². The van der Waals surface area contributed by atoms with Crippen molar-refractivity contribution in [1.82, 2.24) is 9.88 Å². The van der Waals surface area contributed by atoms with E-state index in [0.717, 1.165) is 25.9 Å². The highest BCUT2D eigenvalue weighted by molar-refractivity contribution is 7.11. The van der Waals surface area contributed by atoms with E-state index in [4.69, 9.17) is 0 Å². The smallest absolute Gasteiger partial charge is 0.0710 e. The van der Waals surface area contributed by atoms with Crippen molar-refractivity contribution in [3.05, 3.63) is 52.0 Å². The van der Waals surface area contributed by atoms with Crippen LogP contribution in [0.2, 0.25) is 0 Å². The Morgan fingerprint density at radius 1 is 1.30 bits per heavy atom. The van der Waals surface area contributed by atoms with Gasteiger partial charge >= 0.3 is 0 Å². The predicted molar refractivity (Wildman–Crippen MR) is 81.8 cm³/mol. The molecule has 2 aromatic rings. The molecular formula is C16H20N2OS. The second-order valence-electron chi connectivity index (χ2n) is 5.47. The summed E-state index contributed by atoms with van der Waals surface area (Å²) in [5, 5.41) is 10.3. The second-order valence-corrected chi connectivity index (χ2v) is 6.84. The minimum absolute atomic E-state index is 0.218. The average Bonchev–Trinajstić information content (AvgIpc) is 3.01. The lowest BCUT2D eigenvalue weighted by Gasteiger charge is -2.25. The maximum Gasteiger partial charge on any atom is 0.0710 e. The zero-order chi connectivity index (χ0) is 13.9. The minimum atomic E-state index is -0.218. The molecule has 20 heavy (non-hydrogen) atoms. The van der Waals surface area contributed by atoms with Crippen LogP contribution in [0.25, 0.3) is 0 Å². The van der Waals surface area contributed by atoms with Crippen molar-refractivity contribution in [3.8, 4) is 0 Å². The fraction of sp³-hybridized carbons (Fsp3) is 0.438. The van der Waals surface area contributed by atoms with Gasteiger partial charge in [-0.25, -0.2) is 0 Å². The van der Waals surface area contributed by atoms with Crippen LogP contribution in [0.3, 0.4) is 0 Å². The topological polar surface area (TPSA) is 36.4 Å². The fourth-order valence-corrected chi connectivity index (χ4v) is 3.81. The van der Waals surface area contributed by atoms with Crippen LogP contribution < -0.4 is 0 Å². The Labute approximate surface area is 123 Å². The summed E-state index contributed by atoms with van der Waals surface area (Å²) in [6.45, 7) is 4.07. The first-order chi connectivity index (χ1) is 9.72. The van der Waals surface area contributed by atoms with Gasteiger partial charge in [-0.3, -0.25) is 9.88 Å². The molecule has 0 radical (unpaired) electrons. The van der Waals surface area contributed by atoms with Gasteiger partial charge in [0.25, 0.3) is 0 Å². The third kappa shape index (κ3) is 3.08. The molecule has 0 bridgehead atoms. The summed E-state index contributed by atoms with van der Waals surface area (Å²) in [6.07, 6.45) is 5.20. The van der Waals surface area contributed by atoms with Gasteiger partial charge in [-0.2, -0.15) is 0 Å². The molecule has 1 fully saturated rings. The van der Waals surface area contributed by atoms with Crippen molar-refractivity contribution < 1.29 is 5.11 Å². The van der Waals surface area contributed by atoms with E-state index in [-0.39, 0.29) is 12.1 Å². The fourth-order valence-electron chi connectivity index (χ4n) is 2.89. The lowest BCUT2D eigenvalue weighted by molar-refractivity contribution is 0.113. The summed E-state index contributed by atoms with van der Waals surface area (Å²) in [4.78, 5) is 9.20. The number of aliphatic hydroxyl groups is 1. The molecule has 106 valence electrons. The molecule has 1 N–H and O–H groups in total. The molecule has 1 aliphatic heterocycles. The Hall–Kier alpha value is -1.23. The highest BCUT2D eigenvalue weighted by Crippen LogP contribution is 2.26. The van der Waals surface area contributed by atoms with Gasteiger partial charge in [0.2, 0.25) is 0 Å². The number of thiophene rings is 1. The Balaban J connectivity index is 1.70. The van der Waals surface area contributed by atoms with Gasteiger partial charge in [-0.15, -0.1) is 11.3 Å². The number of aromatic nitrogens is 1. The SMILES string of the molecule is Cc1ccc(CN2CC[C@H](O)[C@@H]2Cc2ccncc2)s1. The number of hydrogen-bond donors (Lipinski definition) is 1. The maximum atomic E-state index is 10.3. The van der Waals surface area contributed by atoms with Gasteiger partial charge in [-0.1, -0.05) is 0 Å². The molecule has 1 aliphatic rings. The van der Waals surface area contributed by atoms with Crippen LogP contribution in [0.4, 0.5) is 0 Å². The van der Waals surface area contributed by atoms with Crippen LogP contribution in [0, 0.1) is 6.92 Å². The summed E-state index contributed by atoms with van der Waals surface area (Å²) >= 11 is 1.85. The van der Waals surface area contributed by atoms with Gasteiger partial charge in [0.15, 0.2) is 0 Å². The molecule has 0 saturated carbocycles. The molecule has 0 aliphatic carbocycles. The summed E-state index contributed by atoms with van der Waals surface area (Å²) in [5.74, 6) is 0. The summed E-state index contributed by atoms with van der Waals surface area (Å²) < 4.78 is 0. The molecule has 2 atom stereocenters. The van der Waals surface area contributed by atoms with Crippen LogP contribution in [0.15, 0.2) is 36.7 Å².